The van der Waals surface area contributed by atoms with Crippen LogP contribution in [0.1, 0.15) is 4.88 Å². The highest BCUT2D eigenvalue weighted by atomic mass is 32.2. The molecule has 136 valence electrons. The number of aryl methyl sites for hydroxylation is 1. The van der Waals surface area contributed by atoms with Crippen molar-refractivity contribution < 1.29 is 13.2 Å². The molecule has 0 aliphatic carbocycles. The molecular formula is C15H21N5O3S2. The van der Waals surface area contributed by atoms with Gasteiger partial charge in [-0.05, 0) is 19.1 Å². The molecule has 3 heterocycles. The first-order chi connectivity index (χ1) is 12.0. The molecule has 0 atom stereocenters. The molecule has 1 aliphatic heterocycles. The number of sulfonamides is 1. The third kappa shape index (κ3) is 4.88. The maximum absolute atomic E-state index is 12.1. The fourth-order valence-electron chi connectivity index (χ4n) is 2.41. The van der Waals surface area contributed by atoms with Gasteiger partial charge in [0, 0.05) is 37.1 Å². The predicted octanol–water partition coefficient (Wildman–Crippen LogP) is 1.07. The molecule has 1 aliphatic rings. The molecule has 0 saturated carbocycles. The molecule has 2 aromatic rings. The second kappa shape index (κ2) is 8.09. The molecular weight excluding hydrogens is 362 g/mol. The Morgan fingerprint density at radius 2 is 2.04 bits per heavy atom. The Bertz CT molecular complexity index is 803. The standard InChI is InChI=1S/C15H21N5O3S2/c1-12-2-3-15(24-12)25(21,22)19-5-4-16-13-10-14(18-11-17-13)20-6-8-23-9-7-20/h2-3,10-11,19H,4-9H2,1H3,(H,16,17,18). The van der Waals surface area contributed by atoms with E-state index in [1.807, 2.05) is 13.0 Å². The summed E-state index contributed by atoms with van der Waals surface area (Å²) in [5, 5.41) is 3.12. The molecule has 0 amide bonds. The van der Waals surface area contributed by atoms with Crippen LogP contribution >= 0.6 is 11.3 Å². The fraction of sp³-hybridized carbons (Fsp3) is 0.467. The van der Waals surface area contributed by atoms with Crippen molar-refractivity contribution in [2.24, 2.45) is 0 Å². The number of ether oxygens (including phenoxy) is 1. The van der Waals surface area contributed by atoms with E-state index in [2.05, 4.69) is 24.9 Å². The highest BCUT2D eigenvalue weighted by Gasteiger charge is 2.15. The normalized spacial score (nSPS) is 15.3. The molecule has 2 N–H and O–H groups in total. The number of anilines is 2. The van der Waals surface area contributed by atoms with Gasteiger partial charge in [0.25, 0.3) is 0 Å². The maximum Gasteiger partial charge on any atom is 0.250 e. The highest BCUT2D eigenvalue weighted by Crippen LogP contribution is 2.20. The van der Waals surface area contributed by atoms with Crippen LogP contribution in [0.25, 0.3) is 0 Å². The van der Waals surface area contributed by atoms with Crippen molar-refractivity contribution in [2.45, 2.75) is 11.1 Å². The van der Waals surface area contributed by atoms with Crippen molar-refractivity contribution in [3.05, 3.63) is 29.4 Å². The summed E-state index contributed by atoms with van der Waals surface area (Å²) in [6.07, 6.45) is 1.51. The number of hydrogen-bond donors (Lipinski definition) is 2. The van der Waals surface area contributed by atoms with Gasteiger partial charge in [0.2, 0.25) is 10.0 Å². The maximum atomic E-state index is 12.1. The molecule has 0 bridgehead atoms. The fourth-order valence-corrected chi connectivity index (χ4v) is 4.77. The Morgan fingerprint density at radius 1 is 1.24 bits per heavy atom. The van der Waals surface area contributed by atoms with E-state index in [1.165, 1.54) is 17.7 Å². The van der Waals surface area contributed by atoms with Crippen molar-refractivity contribution >= 4 is 33.0 Å². The molecule has 1 fully saturated rings. The molecule has 3 rings (SSSR count). The van der Waals surface area contributed by atoms with Crippen LogP contribution in [-0.4, -0.2) is 57.8 Å². The SMILES string of the molecule is Cc1ccc(S(=O)(=O)NCCNc2cc(N3CCOCC3)ncn2)s1. The molecule has 2 aromatic heterocycles. The number of morpholine rings is 1. The summed E-state index contributed by atoms with van der Waals surface area (Å²) in [5.41, 5.74) is 0. The minimum absolute atomic E-state index is 0.274. The molecule has 8 nitrogen and oxygen atoms in total. The number of hydrogen-bond acceptors (Lipinski definition) is 8. The van der Waals surface area contributed by atoms with Gasteiger partial charge in [-0.3, -0.25) is 0 Å². The van der Waals surface area contributed by atoms with Crippen molar-refractivity contribution in [3.8, 4) is 0 Å². The van der Waals surface area contributed by atoms with Gasteiger partial charge in [-0.1, -0.05) is 0 Å². The first-order valence-electron chi connectivity index (χ1n) is 7.99. The average molecular weight is 383 g/mol. The number of rotatable bonds is 7. The minimum Gasteiger partial charge on any atom is -0.378 e. The Hall–Kier alpha value is -1.75. The Morgan fingerprint density at radius 3 is 2.76 bits per heavy atom. The van der Waals surface area contributed by atoms with Gasteiger partial charge >= 0.3 is 0 Å². The topological polar surface area (TPSA) is 96.5 Å². The van der Waals surface area contributed by atoms with Crippen molar-refractivity contribution in [1.29, 1.82) is 0 Å². The second-order valence-corrected chi connectivity index (χ2v) is 8.83. The van der Waals surface area contributed by atoms with Gasteiger partial charge in [0.15, 0.2) is 0 Å². The van der Waals surface area contributed by atoms with Crippen LogP contribution in [-0.2, 0) is 14.8 Å². The lowest BCUT2D eigenvalue weighted by Crippen LogP contribution is -2.36. The van der Waals surface area contributed by atoms with Crippen LogP contribution in [0.2, 0.25) is 0 Å². The van der Waals surface area contributed by atoms with Crippen molar-refractivity contribution in [2.75, 3.05) is 49.6 Å². The summed E-state index contributed by atoms with van der Waals surface area (Å²) in [6.45, 7) is 5.58. The molecule has 25 heavy (non-hydrogen) atoms. The molecule has 0 spiro atoms. The van der Waals surface area contributed by atoms with E-state index in [1.54, 1.807) is 12.1 Å². The number of thiophene rings is 1. The smallest absolute Gasteiger partial charge is 0.250 e. The van der Waals surface area contributed by atoms with E-state index in [4.69, 9.17) is 4.74 Å². The van der Waals surface area contributed by atoms with Gasteiger partial charge in [-0.2, -0.15) is 0 Å². The minimum atomic E-state index is -3.45. The van der Waals surface area contributed by atoms with Crippen LogP contribution < -0.4 is 14.9 Å². The third-order valence-electron chi connectivity index (χ3n) is 3.69. The van der Waals surface area contributed by atoms with Gasteiger partial charge in [0.1, 0.15) is 22.2 Å². The lowest BCUT2D eigenvalue weighted by molar-refractivity contribution is 0.122. The van der Waals surface area contributed by atoms with Crippen molar-refractivity contribution in [1.82, 2.24) is 14.7 Å². The van der Waals surface area contributed by atoms with Gasteiger partial charge in [-0.15, -0.1) is 11.3 Å². The van der Waals surface area contributed by atoms with Crippen LogP contribution in [0.4, 0.5) is 11.6 Å². The summed E-state index contributed by atoms with van der Waals surface area (Å²) < 4.78 is 32.5. The quantitative estimate of drug-likeness (QED) is 0.691. The Labute approximate surface area is 151 Å². The highest BCUT2D eigenvalue weighted by molar-refractivity contribution is 7.91. The molecule has 1 saturated heterocycles. The number of nitrogens with zero attached hydrogens (tertiary/aromatic N) is 3. The zero-order valence-electron chi connectivity index (χ0n) is 13.9. The van der Waals surface area contributed by atoms with Gasteiger partial charge < -0.3 is 15.0 Å². The van der Waals surface area contributed by atoms with Gasteiger partial charge in [0.05, 0.1) is 13.2 Å². The molecule has 10 heteroatoms. The molecule has 0 unspecified atom stereocenters. The summed E-state index contributed by atoms with van der Waals surface area (Å²) >= 11 is 1.26. The van der Waals surface area contributed by atoms with E-state index < -0.39 is 10.0 Å². The van der Waals surface area contributed by atoms with E-state index >= 15 is 0 Å². The van der Waals surface area contributed by atoms with Crippen LogP contribution in [0, 0.1) is 6.92 Å². The summed E-state index contributed by atoms with van der Waals surface area (Å²) in [6, 6.07) is 5.28. The van der Waals surface area contributed by atoms with Crippen LogP contribution in [0.5, 0.6) is 0 Å². The lowest BCUT2D eigenvalue weighted by atomic mass is 10.4. The molecule has 0 radical (unpaired) electrons. The Kier molecular flexibility index (Phi) is 5.84. The number of aromatic nitrogens is 2. The van der Waals surface area contributed by atoms with Crippen LogP contribution in [0.15, 0.2) is 28.7 Å². The second-order valence-electron chi connectivity index (χ2n) is 5.55. The third-order valence-corrected chi connectivity index (χ3v) is 6.65. The van der Waals surface area contributed by atoms with E-state index in [-0.39, 0.29) is 6.54 Å². The van der Waals surface area contributed by atoms with Crippen LogP contribution in [0.3, 0.4) is 0 Å². The predicted molar refractivity (Wildman–Crippen MR) is 97.8 cm³/mol. The van der Waals surface area contributed by atoms with Gasteiger partial charge in [-0.25, -0.2) is 23.1 Å². The van der Waals surface area contributed by atoms with E-state index in [0.717, 1.165) is 23.8 Å². The Balaban J connectivity index is 1.50. The monoisotopic (exact) mass is 383 g/mol. The first kappa shape index (κ1) is 18.1. The largest absolute Gasteiger partial charge is 0.378 e. The lowest BCUT2D eigenvalue weighted by Gasteiger charge is -2.27. The zero-order chi connectivity index (χ0) is 17.7. The summed E-state index contributed by atoms with van der Waals surface area (Å²) in [5.74, 6) is 1.51. The summed E-state index contributed by atoms with van der Waals surface area (Å²) in [7, 11) is -3.45. The first-order valence-corrected chi connectivity index (χ1v) is 10.3. The summed E-state index contributed by atoms with van der Waals surface area (Å²) in [4.78, 5) is 11.6. The van der Waals surface area contributed by atoms with E-state index in [0.29, 0.717) is 29.8 Å². The zero-order valence-corrected chi connectivity index (χ0v) is 15.6. The van der Waals surface area contributed by atoms with Crippen molar-refractivity contribution in [3.63, 3.8) is 0 Å². The molecule has 0 aromatic carbocycles. The average Bonchev–Trinajstić information content (AvgIpc) is 3.07. The van der Waals surface area contributed by atoms with E-state index in [9.17, 15) is 8.42 Å². The number of nitrogens with one attached hydrogen (secondary N) is 2.